The van der Waals surface area contributed by atoms with Gasteiger partial charge in [-0.25, -0.2) is 9.37 Å². The fourth-order valence-electron chi connectivity index (χ4n) is 3.34. The molecule has 0 bridgehead atoms. The maximum atomic E-state index is 15.1. The predicted octanol–water partition coefficient (Wildman–Crippen LogP) is 2.76. The van der Waals surface area contributed by atoms with Crippen LogP contribution in [0.1, 0.15) is 42.5 Å². The minimum atomic E-state index is -0.381. The Balaban J connectivity index is 1.88. The number of hydrogen-bond donors (Lipinski definition) is 1. The van der Waals surface area contributed by atoms with Crippen molar-refractivity contribution in [1.82, 2.24) is 14.9 Å². The van der Waals surface area contributed by atoms with Gasteiger partial charge in [0.1, 0.15) is 11.6 Å². The average molecular weight is 345 g/mol. The number of benzene rings is 1. The molecule has 0 fully saturated rings. The van der Waals surface area contributed by atoms with E-state index in [2.05, 4.69) is 14.9 Å². The second-order valence-corrected chi connectivity index (χ2v) is 6.47. The van der Waals surface area contributed by atoms with Crippen molar-refractivity contribution >= 4 is 5.97 Å². The Kier molecular flexibility index (Phi) is 5.18. The number of fused-ring (bicyclic) bond motifs is 1. The monoisotopic (exact) mass is 345 g/mol. The van der Waals surface area contributed by atoms with E-state index in [9.17, 15) is 4.79 Å². The number of aryl methyl sites for hydroxylation is 1. The van der Waals surface area contributed by atoms with Gasteiger partial charge in [0.05, 0.1) is 18.6 Å². The van der Waals surface area contributed by atoms with Crippen LogP contribution < -0.4 is 5.32 Å². The highest BCUT2D eigenvalue weighted by Gasteiger charge is 2.27. The molecule has 134 valence electrons. The quantitative estimate of drug-likeness (QED) is 0.847. The summed E-state index contributed by atoms with van der Waals surface area (Å²) in [5.74, 6) is -0.119. The van der Waals surface area contributed by atoms with Crippen molar-refractivity contribution in [2.24, 2.45) is 5.92 Å². The van der Waals surface area contributed by atoms with Crippen LogP contribution in [0.4, 0.5) is 4.39 Å². The van der Waals surface area contributed by atoms with Gasteiger partial charge in [0, 0.05) is 30.5 Å². The number of halogens is 1. The summed E-state index contributed by atoms with van der Waals surface area (Å²) in [5.41, 5.74) is 2.18. The average Bonchev–Trinajstić information content (AvgIpc) is 2.98. The lowest BCUT2D eigenvalue weighted by Gasteiger charge is -2.27. The van der Waals surface area contributed by atoms with Crippen LogP contribution in [0.3, 0.4) is 0 Å². The standard InChI is InChI=1S/C19H24FN3O2/c1-4-25-19(24)12(2)10-14-6-5-7-15(16(14)20)17-18-22-11-13(3)23(18)9-8-21-17/h5-7,11-12,17,21H,4,8-10H2,1-3H3. The highest BCUT2D eigenvalue weighted by atomic mass is 19.1. The van der Waals surface area contributed by atoms with Crippen LogP contribution in [-0.4, -0.2) is 28.7 Å². The molecule has 2 atom stereocenters. The third-order valence-electron chi connectivity index (χ3n) is 4.66. The Bertz CT molecular complexity index is 772. The lowest BCUT2D eigenvalue weighted by Crippen LogP contribution is -2.35. The van der Waals surface area contributed by atoms with Crippen LogP contribution >= 0.6 is 0 Å². The summed E-state index contributed by atoms with van der Waals surface area (Å²) < 4.78 is 22.3. The maximum Gasteiger partial charge on any atom is 0.308 e. The molecule has 2 aromatic rings. The minimum absolute atomic E-state index is 0.273. The van der Waals surface area contributed by atoms with Gasteiger partial charge in [0.2, 0.25) is 0 Å². The van der Waals surface area contributed by atoms with Crippen LogP contribution in [-0.2, 0) is 22.5 Å². The van der Waals surface area contributed by atoms with Gasteiger partial charge in [-0.2, -0.15) is 0 Å². The number of imidazole rings is 1. The second-order valence-electron chi connectivity index (χ2n) is 6.47. The first-order valence-electron chi connectivity index (χ1n) is 8.72. The molecule has 1 aromatic heterocycles. The van der Waals surface area contributed by atoms with E-state index in [0.717, 1.165) is 24.6 Å². The van der Waals surface area contributed by atoms with Crippen LogP contribution in [0.5, 0.6) is 0 Å². The Morgan fingerprint density at radius 2 is 2.32 bits per heavy atom. The Morgan fingerprint density at radius 1 is 1.52 bits per heavy atom. The van der Waals surface area contributed by atoms with E-state index in [-0.39, 0.29) is 23.7 Å². The minimum Gasteiger partial charge on any atom is -0.466 e. The van der Waals surface area contributed by atoms with Gasteiger partial charge < -0.3 is 14.6 Å². The summed E-state index contributed by atoms with van der Waals surface area (Å²) in [5, 5.41) is 3.35. The highest BCUT2D eigenvalue weighted by molar-refractivity contribution is 5.72. The van der Waals surface area contributed by atoms with Crippen LogP contribution in [0.25, 0.3) is 0 Å². The molecule has 0 saturated carbocycles. The van der Waals surface area contributed by atoms with Crippen LogP contribution in [0.2, 0.25) is 0 Å². The summed E-state index contributed by atoms with van der Waals surface area (Å²) in [6.07, 6.45) is 2.14. The van der Waals surface area contributed by atoms with Crippen LogP contribution in [0.15, 0.2) is 24.4 Å². The fourth-order valence-corrected chi connectivity index (χ4v) is 3.34. The van der Waals surface area contributed by atoms with Crippen molar-refractivity contribution in [2.45, 2.75) is 39.8 Å². The van der Waals surface area contributed by atoms with Gasteiger partial charge in [0.15, 0.2) is 0 Å². The number of carbonyl (C=O) groups is 1. The molecule has 25 heavy (non-hydrogen) atoms. The summed E-state index contributed by atoms with van der Waals surface area (Å²) in [6.45, 7) is 7.46. The van der Waals surface area contributed by atoms with Crippen molar-refractivity contribution in [3.63, 3.8) is 0 Å². The number of nitrogens with one attached hydrogen (secondary N) is 1. The summed E-state index contributed by atoms with van der Waals surface area (Å²) >= 11 is 0. The molecule has 1 aromatic carbocycles. The zero-order valence-corrected chi connectivity index (χ0v) is 14.9. The topological polar surface area (TPSA) is 56.1 Å². The first-order chi connectivity index (χ1) is 12.0. The van der Waals surface area contributed by atoms with E-state index in [1.54, 1.807) is 26.0 Å². The van der Waals surface area contributed by atoms with E-state index >= 15 is 4.39 Å². The molecule has 0 saturated heterocycles. The van der Waals surface area contributed by atoms with E-state index in [1.807, 2.05) is 19.2 Å². The summed E-state index contributed by atoms with van der Waals surface area (Å²) in [6, 6.07) is 5.07. The molecule has 0 radical (unpaired) electrons. The molecule has 2 heterocycles. The number of aromatic nitrogens is 2. The van der Waals surface area contributed by atoms with E-state index in [0.29, 0.717) is 24.2 Å². The molecule has 0 amide bonds. The summed E-state index contributed by atoms with van der Waals surface area (Å²) in [4.78, 5) is 16.3. The van der Waals surface area contributed by atoms with Gasteiger partial charge in [0.25, 0.3) is 0 Å². The molecule has 6 heteroatoms. The Morgan fingerprint density at radius 3 is 3.08 bits per heavy atom. The first kappa shape index (κ1) is 17.6. The van der Waals surface area contributed by atoms with Gasteiger partial charge in [-0.1, -0.05) is 25.1 Å². The lowest BCUT2D eigenvalue weighted by molar-refractivity contribution is -0.147. The Labute approximate surface area is 147 Å². The number of rotatable bonds is 5. The van der Waals surface area contributed by atoms with Crippen molar-refractivity contribution in [3.05, 3.63) is 52.9 Å². The van der Waals surface area contributed by atoms with E-state index in [1.165, 1.54) is 0 Å². The van der Waals surface area contributed by atoms with Gasteiger partial charge in [-0.05, 0) is 25.8 Å². The van der Waals surface area contributed by atoms with Gasteiger partial charge in [-0.3, -0.25) is 4.79 Å². The number of nitrogens with zero attached hydrogens (tertiary/aromatic N) is 2. The molecular formula is C19H24FN3O2. The normalized spacial score (nSPS) is 17.8. The molecule has 3 rings (SSSR count). The molecule has 0 spiro atoms. The third-order valence-corrected chi connectivity index (χ3v) is 4.66. The number of esters is 1. The van der Waals surface area contributed by atoms with Crippen molar-refractivity contribution in [2.75, 3.05) is 13.2 Å². The number of hydrogen-bond acceptors (Lipinski definition) is 4. The number of carbonyl (C=O) groups excluding carboxylic acids is 1. The molecule has 1 aliphatic rings. The highest BCUT2D eigenvalue weighted by Crippen LogP contribution is 2.29. The molecule has 2 unspecified atom stereocenters. The van der Waals surface area contributed by atoms with Crippen molar-refractivity contribution in [3.8, 4) is 0 Å². The zero-order valence-electron chi connectivity index (χ0n) is 14.9. The Hall–Kier alpha value is -2.21. The number of ether oxygens (including phenoxy) is 1. The first-order valence-corrected chi connectivity index (χ1v) is 8.72. The van der Waals surface area contributed by atoms with E-state index < -0.39 is 0 Å². The largest absolute Gasteiger partial charge is 0.466 e. The fraction of sp³-hybridized carbons (Fsp3) is 0.474. The maximum absolute atomic E-state index is 15.1. The van der Waals surface area contributed by atoms with Gasteiger partial charge in [-0.15, -0.1) is 0 Å². The van der Waals surface area contributed by atoms with Crippen LogP contribution in [0, 0.1) is 18.7 Å². The van der Waals surface area contributed by atoms with E-state index in [4.69, 9.17) is 4.74 Å². The molecule has 1 aliphatic heterocycles. The smallest absolute Gasteiger partial charge is 0.308 e. The van der Waals surface area contributed by atoms with Crippen molar-refractivity contribution in [1.29, 1.82) is 0 Å². The zero-order chi connectivity index (χ0) is 18.0. The SMILES string of the molecule is CCOC(=O)C(C)Cc1cccc(C2NCCn3c(C)cnc32)c1F. The molecule has 0 aliphatic carbocycles. The van der Waals surface area contributed by atoms with Crippen molar-refractivity contribution < 1.29 is 13.9 Å². The predicted molar refractivity (Wildman–Crippen MR) is 92.7 cm³/mol. The summed E-state index contributed by atoms with van der Waals surface area (Å²) in [7, 11) is 0. The van der Waals surface area contributed by atoms with Gasteiger partial charge >= 0.3 is 5.97 Å². The lowest BCUT2D eigenvalue weighted by atomic mass is 9.95. The molecule has 1 N–H and O–H groups in total. The second kappa shape index (κ2) is 7.35. The third kappa shape index (κ3) is 3.44. The molecule has 5 nitrogen and oxygen atoms in total. The molecular weight excluding hydrogens is 321 g/mol.